The van der Waals surface area contributed by atoms with Gasteiger partial charge in [0.2, 0.25) is 0 Å². The Hall–Kier alpha value is -2.31. The van der Waals surface area contributed by atoms with Gasteiger partial charge in [0, 0.05) is 28.9 Å². The number of aryl methyl sites for hydroxylation is 1. The molecule has 1 aromatic carbocycles. The summed E-state index contributed by atoms with van der Waals surface area (Å²) in [7, 11) is 1.63. The van der Waals surface area contributed by atoms with Crippen molar-refractivity contribution >= 4 is 40.3 Å². The lowest BCUT2D eigenvalue weighted by Crippen LogP contribution is -2.26. The number of carbonyl (C=O) groups excluding carboxylic acids is 1. The van der Waals surface area contributed by atoms with Gasteiger partial charge in [0.25, 0.3) is 0 Å². The molecule has 0 aliphatic rings. The highest BCUT2D eigenvalue weighted by Gasteiger charge is 2.16. The van der Waals surface area contributed by atoms with E-state index in [0.717, 1.165) is 11.1 Å². The molecule has 0 bridgehead atoms. The van der Waals surface area contributed by atoms with Gasteiger partial charge >= 0.3 is 11.7 Å². The Labute approximate surface area is 153 Å². The van der Waals surface area contributed by atoms with Gasteiger partial charge in [0.15, 0.2) is 5.65 Å². The fourth-order valence-electron chi connectivity index (χ4n) is 2.63. The number of halogens is 2. The van der Waals surface area contributed by atoms with E-state index in [0.29, 0.717) is 21.2 Å². The lowest BCUT2D eigenvalue weighted by molar-refractivity contribution is -0.143. The van der Waals surface area contributed by atoms with Crippen LogP contribution < -0.4 is 5.69 Å². The first-order chi connectivity index (χ1) is 11.9. The molecule has 0 radical (unpaired) electrons. The van der Waals surface area contributed by atoms with E-state index in [2.05, 4.69) is 4.98 Å². The number of benzene rings is 1. The zero-order valence-corrected chi connectivity index (χ0v) is 15.1. The number of fused-ring (bicyclic) bond motifs is 1. The first-order valence-corrected chi connectivity index (χ1v) is 8.33. The summed E-state index contributed by atoms with van der Waals surface area (Å²) in [6, 6.07) is 6.99. The van der Waals surface area contributed by atoms with Crippen molar-refractivity contribution in [1.29, 1.82) is 0 Å². The molecule has 0 aliphatic heterocycles. The Morgan fingerprint density at radius 2 is 1.84 bits per heavy atom. The molecule has 0 saturated heterocycles. The third kappa shape index (κ3) is 3.41. The van der Waals surface area contributed by atoms with Crippen LogP contribution >= 0.6 is 23.2 Å². The summed E-state index contributed by atoms with van der Waals surface area (Å²) >= 11 is 12.1. The molecule has 0 fully saturated rings. The van der Waals surface area contributed by atoms with Crippen molar-refractivity contribution in [2.45, 2.75) is 13.5 Å². The second-order valence-electron chi connectivity index (χ2n) is 5.46. The number of rotatable bonds is 4. The molecule has 0 unspecified atom stereocenters. The van der Waals surface area contributed by atoms with Crippen LogP contribution in [0.5, 0.6) is 0 Å². The quantitative estimate of drug-likeness (QED) is 0.652. The van der Waals surface area contributed by atoms with Gasteiger partial charge in [-0.2, -0.15) is 0 Å². The van der Waals surface area contributed by atoms with Crippen LogP contribution in [0.4, 0.5) is 0 Å². The highest BCUT2D eigenvalue weighted by molar-refractivity contribution is 6.35. The fraction of sp³-hybridized carbons (Fsp3) is 0.235. The van der Waals surface area contributed by atoms with Crippen LogP contribution in [-0.4, -0.2) is 26.7 Å². The molecule has 6 nitrogen and oxygen atoms in total. The normalized spacial score (nSPS) is 11.0. The molecular formula is C17H15Cl2N3O3. The van der Waals surface area contributed by atoms with E-state index in [4.69, 9.17) is 27.9 Å². The topological polar surface area (TPSA) is 66.1 Å². The number of imidazole rings is 1. The minimum absolute atomic E-state index is 0.181. The van der Waals surface area contributed by atoms with Gasteiger partial charge in [-0.1, -0.05) is 23.2 Å². The zero-order chi connectivity index (χ0) is 18.1. The Morgan fingerprint density at radius 3 is 2.48 bits per heavy atom. The summed E-state index contributed by atoms with van der Waals surface area (Å²) in [5.41, 5.74) is 2.23. The lowest BCUT2D eigenvalue weighted by atomic mass is 10.1. The van der Waals surface area contributed by atoms with Gasteiger partial charge in [0.05, 0.1) is 12.1 Å². The highest BCUT2D eigenvalue weighted by Crippen LogP contribution is 2.28. The number of nitrogens with zero attached hydrogens (tertiary/aromatic N) is 3. The minimum Gasteiger partial charge on any atom is -0.465 e. The molecule has 2 heterocycles. The minimum atomic E-state index is -0.482. The van der Waals surface area contributed by atoms with Crippen molar-refractivity contribution in [3.8, 4) is 11.1 Å². The number of esters is 1. The van der Waals surface area contributed by atoms with Gasteiger partial charge in [-0.3, -0.25) is 13.9 Å². The molecule has 2 aromatic heterocycles. The lowest BCUT2D eigenvalue weighted by Gasteiger charge is -2.05. The van der Waals surface area contributed by atoms with E-state index in [1.807, 2.05) is 6.07 Å². The van der Waals surface area contributed by atoms with Crippen molar-refractivity contribution in [3.05, 3.63) is 51.0 Å². The summed E-state index contributed by atoms with van der Waals surface area (Å²) in [6.07, 6.45) is 1.62. The van der Waals surface area contributed by atoms with Gasteiger partial charge in [0.1, 0.15) is 6.54 Å². The molecule has 0 spiro atoms. The van der Waals surface area contributed by atoms with Gasteiger partial charge in [-0.15, -0.1) is 0 Å². The molecule has 130 valence electrons. The van der Waals surface area contributed by atoms with Crippen LogP contribution in [0, 0.1) is 0 Å². The predicted octanol–water partition coefficient (Wildman–Crippen LogP) is 3.27. The first kappa shape index (κ1) is 17.5. The molecule has 3 rings (SSSR count). The van der Waals surface area contributed by atoms with Crippen LogP contribution in [0.3, 0.4) is 0 Å². The summed E-state index contributed by atoms with van der Waals surface area (Å²) in [4.78, 5) is 28.5. The maximum Gasteiger partial charge on any atom is 0.330 e. The van der Waals surface area contributed by atoms with Crippen molar-refractivity contribution < 1.29 is 9.53 Å². The number of pyridine rings is 1. The van der Waals surface area contributed by atoms with Crippen LogP contribution in [0.25, 0.3) is 22.3 Å². The first-order valence-electron chi connectivity index (χ1n) is 7.58. The molecular weight excluding hydrogens is 365 g/mol. The van der Waals surface area contributed by atoms with E-state index in [-0.39, 0.29) is 18.8 Å². The molecule has 0 N–H and O–H groups in total. The van der Waals surface area contributed by atoms with E-state index < -0.39 is 5.97 Å². The summed E-state index contributed by atoms with van der Waals surface area (Å²) in [5, 5.41) is 1.02. The Morgan fingerprint density at radius 1 is 1.16 bits per heavy atom. The van der Waals surface area contributed by atoms with Crippen LogP contribution in [0.2, 0.25) is 10.0 Å². The van der Waals surface area contributed by atoms with Crippen LogP contribution in [0.15, 0.2) is 35.3 Å². The van der Waals surface area contributed by atoms with Gasteiger partial charge in [-0.25, -0.2) is 9.78 Å². The SMILES string of the molecule is CCOC(=O)Cn1c(=O)n(C)c2cc(-c3cc(Cl)cc(Cl)c3)cnc21. The summed E-state index contributed by atoms with van der Waals surface area (Å²) < 4.78 is 7.65. The fourth-order valence-corrected chi connectivity index (χ4v) is 3.16. The number of hydrogen-bond donors (Lipinski definition) is 0. The van der Waals surface area contributed by atoms with Crippen molar-refractivity contribution in [2.75, 3.05) is 6.61 Å². The molecule has 0 aliphatic carbocycles. The van der Waals surface area contributed by atoms with Crippen molar-refractivity contribution in [1.82, 2.24) is 14.1 Å². The molecule has 25 heavy (non-hydrogen) atoms. The van der Waals surface area contributed by atoms with Gasteiger partial charge < -0.3 is 4.74 Å². The van der Waals surface area contributed by atoms with Crippen LogP contribution in [-0.2, 0) is 23.1 Å². The highest BCUT2D eigenvalue weighted by atomic mass is 35.5. The number of aromatic nitrogens is 3. The molecule has 0 amide bonds. The largest absolute Gasteiger partial charge is 0.465 e. The van der Waals surface area contributed by atoms with Crippen molar-refractivity contribution in [2.24, 2.45) is 7.05 Å². The maximum absolute atomic E-state index is 12.4. The van der Waals surface area contributed by atoms with E-state index in [1.165, 1.54) is 9.13 Å². The number of carbonyl (C=O) groups is 1. The predicted molar refractivity (Wildman–Crippen MR) is 97.1 cm³/mol. The van der Waals surface area contributed by atoms with Crippen LogP contribution in [0.1, 0.15) is 6.92 Å². The Kier molecular flexibility index (Phi) is 4.83. The average molecular weight is 380 g/mol. The maximum atomic E-state index is 12.4. The second-order valence-corrected chi connectivity index (χ2v) is 6.33. The summed E-state index contributed by atoms with van der Waals surface area (Å²) in [6.45, 7) is 1.79. The number of ether oxygens (including phenoxy) is 1. The molecule has 3 aromatic rings. The summed E-state index contributed by atoms with van der Waals surface area (Å²) in [5.74, 6) is -0.482. The van der Waals surface area contributed by atoms with E-state index in [9.17, 15) is 9.59 Å². The standard InChI is InChI=1S/C17H15Cl2N3O3/c1-3-25-15(23)9-22-16-14(21(2)17(22)24)6-11(8-20-16)10-4-12(18)7-13(19)5-10/h4-8H,3,9H2,1-2H3. The zero-order valence-electron chi connectivity index (χ0n) is 13.6. The van der Waals surface area contributed by atoms with E-state index in [1.54, 1.807) is 38.4 Å². The third-order valence-corrected chi connectivity index (χ3v) is 4.21. The third-order valence-electron chi connectivity index (χ3n) is 3.77. The number of hydrogen-bond acceptors (Lipinski definition) is 4. The van der Waals surface area contributed by atoms with Gasteiger partial charge in [-0.05, 0) is 36.8 Å². The second kappa shape index (κ2) is 6.90. The molecule has 0 atom stereocenters. The Balaban J connectivity index is 2.11. The van der Waals surface area contributed by atoms with E-state index >= 15 is 0 Å². The Bertz CT molecular complexity index is 1000. The monoisotopic (exact) mass is 379 g/mol. The molecule has 0 saturated carbocycles. The smallest absolute Gasteiger partial charge is 0.330 e. The molecule has 8 heteroatoms. The van der Waals surface area contributed by atoms with Crippen molar-refractivity contribution in [3.63, 3.8) is 0 Å². The average Bonchev–Trinajstić information content (AvgIpc) is 2.79.